The van der Waals surface area contributed by atoms with Gasteiger partial charge in [0.1, 0.15) is 0 Å². The summed E-state index contributed by atoms with van der Waals surface area (Å²) in [7, 11) is 3.23. The molecule has 130 valence electrons. The fraction of sp³-hybridized carbons (Fsp3) is 0.444. The third kappa shape index (κ3) is 4.96. The minimum Gasteiger partial charge on any atom is -0.493 e. The van der Waals surface area contributed by atoms with Crippen LogP contribution in [0.3, 0.4) is 0 Å². The minimum atomic E-state index is 0.0565. The number of nitrogens with zero attached hydrogens (tertiary/aromatic N) is 1. The Kier molecular flexibility index (Phi) is 6.61. The molecule has 24 heavy (non-hydrogen) atoms. The number of ether oxygens (including phenoxy) is 2. The molecule has 1 aromatic carbocycles. The first-order chi connectivity index (χ1) is 11.5. The predicted molar refractivity (Wildman–Crippen MR) is 96.2 cm³/mol. The first-order valence-electron chi connectivity index (χ1n) is 7.94. The van der Waals surface area contributed by atoms with Gasteiger partial charge in [0.05, 0.1) is 24.9 Å². The number of thiazole rings is 1. The van der Waals surface area contributed by atoms with E-state index in [1.165, 1.54) is 4.88 Å². The third-order valence-electron chi connectivity index (χ3n) is 3.82. The van der Waals surface area contributed by atoms with Gasteiger partial charge in [0.2, 0.25) is 5.91 Å². The van der Waals surface area contributed by atoms with E-state index in [4.69, 9.17) is 9.47 Å². The van der Waals surface area contributed by atoms with Crippen LogP contribution in [-0.4, -0.2) is 31.7 Å². The second-order valence-corrected chi connectivity index (χ2v) is 6.83. The summed E-state index contributed by atoms with van der Waals surface area (Å²) >= 11 is 1.67. The van der Waals surface area contributed by atoms with Crippen LogP contribution in [-0.2, 0) is 17.6 Å². The fourth-order valence-corrected chi connectivity index (χ4v) is 3.27. The zero-order valence-corrected chi connectivity index (χ0v) is 15.5. The second kappa shape index (κ2) is 8.68. The third-order valence-corrected chi connectivity index (χ3v) is 4.96. The first-order valence-corrected chi connectivity index (χ1v) is 8.75. The molecule has 0 saturated heterocycles. The zero-order valence-electron chi connectivity index (χ0n) is 14.6. The van der Waals surface area contributed by atoms with E-state index in [1.54, 1.807) is 25.6 Å². The summed E-state index contributed by atoms with van der Waals surface area (Å²) in [6.07, 6.45) is 1.92. The molecule has 2 rings (SSSR count). The lowest BCUT2D eigenvalue weighted by Gasteiger charge is -2.10. The quantitative estimate of drug-likeness (QED) is 0.796. The number of amides is 1. The number of carbonyl (C=O) groups is 1. The van der Waals surface area contributed by atoms with Crippen molar-refractivity contribution in [2.75, 3.05) is 20.8 Å². The Bertz CT molecular complexity index is 678. The van der Waals surface area contributed by atoms with Gasteiger partial charge in [-0.05, 0) is 38.0 Å². The maximum Gasteiger partial charge on any atom is 0.220 e. The van der Waals surface area contributed by atoms with Crippen molar-refractivity contribution < 1.29 is 14.3 Å². The van der Waals surface area contributed by atoms with Crippen molar-refractivity contribution in [3.8, 4) is 11.5 Å². The Morgan fingerprint density at radius 2 is 1.92 bits per heavy atom. The average Bonchev–Trinajstić information content (AvgIpc) is 2.91. The first kappa shape index (κ1) is 18.3. The summed E-state index contributed by atoms with van der Waals surface area (Å²) in [6.45, 7) is 4.66. The van der Waals surface area contributed by atoms with E-state index in [9.17, 15) is 4.79 Å². The van der Waals surface area contributed by atoms with Crippen LogP contribution >= 0.6 is 11.3 Å². The standard InChI is InChI=1S/C18H24N2O3S/c1-12-13(2)24-18(20-12)8-7-17(21)19-10-9-14-5-6-15(22-3)16(11-14)23-4/h5-6,11H,7-10H2,1-4H3,(H,19,21). The van der Waals surface area contributed by atoms with Crippen molar-refractivity contribution in [2.24, 2.45) is 0 Å². The molecule has 0 aliphatic carbocycles. The molecule has 0 unspecified atom stereocenters. The van der Waals surface area contributed by atoms with Crippen molar-refractivity contribution in [1.29, 1.82) is 0 Å². The molecule has 0 fully saturated rings. The molecule has 0 radical (unpaired) electrons. The molecule has 0 bridgehead atoms. The van der Waals surface area contributed by atoms with Gasteiger partial charge in [-0.15, -0.1) is 11.3 Å². The normalized spacial score (nSPS) is 10.5. The van der Waals surface area contributed by atoms with Crippen LogP contribution in [0.15, 0.2) is 18.2 Å². The molecule has 1 heterocycles. The molecule has 1 amide bonds. The largest absolute Gasteiger partial charge is 0.493 e. The maximum absolute atomic E-state index is 11.9. The molecule has 5 nitrogen and oxygen atoms in total. The molecule has 0 atom stereocenters. The van der Waals surface area contributed by atoms with Gasteiger partial charge in [-0.2, -0.15) is 0 Å². The molecule has 1 N–H and O–H groups in total. The van der Waals surface area contributed by atoms with Crippen molar-refractivity contribution in [2.45, 2.75) is 33.1 Å². The van der Waals surface area contributed by atoms with Gasteiger partial charge in [-0.3, -0.25) is 4.79 Å². The Hall–Kier alpha value is -2.08. The second-order valence-electron chi connectivity index (χ2n) is 5.54. The van der Waals surface area contributed by atoms with Crippen molar-refractivity contribution in [3.63, 3.8) is 0 Å². The number of carbonyl (C=O) groups excluding carboxylic acids is 1. The SMILES string of the molecule is COc1ccc(CCNC(=O)CCc2nc(C)c(C)s2)cc1OC. The molecule has 0 aliphatic rings. The average molecular weight is 348 g/mol. The number of hydrogen-bond acceptors (Lipinski definition) is 5. The highest BCUT2D eigenvalue weighted by Crippen LogP contribution is 2.27. The van der Waals surface area contributed by atoms with E-state index in [1.807, 2.05) is 25.1 Å². The zero-order chi connectivity index (χ0) is 17.5. The molecule has 0 saturated carbocycles. The van der Waals surface area contributed by atoms with E-state index in [-0.39, 0.29) is 5.91 Å². The molecular weight excluding hydrogens is 324 g/mol. The van der Waals surface area contributed by atoms with E-state index in [0.717, 1.165) is 22.7 Å². The van der Waals surface area contributed by atoms with E-state index in [0.29, 0.717) is 30.9 Å². The number of aryl methyl sites for hydroxylation is 3. The summed E-state index contributed by atoms with van der Waals surface area (Å²) in [6, 6.07) is 5.80. The minimum absolute atomic E-state index is 0.0565. The van der Waals surface area contributed by atoms with Crippen LogP contribution in [0, 0.1) is 13.8 Å². The summed E-state index contributed by atoms with van der Waals surface area (Å²) in [5.41, 5.74) is 2.16. The van der Waals surface area contributed by atoms with Crippen LogP contribution in [0.2, 0.25) is 0 Å². The number of methoxy groups -OCH3 is 2. The number of rotatable bonds is 8. The van der Waals surface area contributed by atoms with Crippen LogP contribution in [0.25, 0.3) is 0 Å². The maximum atomic E-state index is 11.9. The lowest BCUT2D eigenvalue weighted by atomic mass is 10.1. The Morgan fingerprint density at radius 1 is 1.17 bits per heavy atom. The van der Waals surface area contributed by atoms with Crippen LogP contribution in [0.5, 0.6) is 11.5 Å². The van der Waals surface area contributed by atoms with Gasteiger partial charge in [0.25, 0.3) is 0 Å². The molecule has 2 aromatic rings. The van der Waals surface area contributed by atoms with Gasteiger partial charge in [0.15, 0.2) is 11.5 Å². The van der Waals surface area contributed by atoms with Gasteiger partial charge in [-0.1, -0.05) is 6.07 Å². The summed E-state index contributed by atoms with van der Waals surface area (Å²) in [5, 5.41) is 3.98. The predicted octanol–water partition coefficient (Wildman–Crippen LogP) is 3.07. The fourth-order valence-electron chi connectivity index (χ4n) is 2.34. The van der Waals surface area contributed by atoms with Gasteiger partial charge < -0.3 is 14.8 Å². The van der Waals surface area contributed by atoms with Gasteiger partial charge in [0, 0.05) is 24.3 Å². The number of nitrogens with one attached hydrogen (secondary N) is 1. The van der Waals surface area contributed by atoms with E-state index >= 15 is 0 Å². The number of hydrogen-bond donors (Lipinski definition) is 1. The Morgan fingerprint density at radius 3 is 2.54 bits per heavy atom. The molecule has 6 heteroatoms. The van der Waals surface area contributed by atoms with Crippen molar-refractivity contribution in [1.82, 2.24) is 10.3 Å². The molecule has 0 aliphatic heterocycles. The number of benzene rings is 1. The monoisotopic (exact) mass is 348 g/mol. The van der Waals surface area contributed by atoms with Crippen molar-refractivity contribution >= 4 is 17.2 Å². The highest BCUT2D eigenvalue weighted by molar-refractivity contribution is 7.11. The smallest absolute Gasteiger partial charge is 0.220 e. The topological polar surface area (TPSA) is 60.5 Å². The lowest BCUT2D eigenvalue weighted by molar-refractivity contribution is -0.121. The summed E-state index contributed by atoms with van der Waals surface area (Å²) in [5.74, 6) is 1.47. The number of aromatic nitrogens is 1. The van der Waals surface area contributed by atoms with Crippen LogP contribution < -0.4 is 14.8 Å². The van der Waals surface area contributed by atoms with Gasteiger partial charge in [-0.25, -0.2) is 4.98 Å². The summed E-state index contributed by atoms with van der Waals surface area (Å²) < 4.78 is 10.5. The Labute approximate surface area is 147 Å². The summed E-state index contributed by atoms with van der Waals surface area (Å²) in [4.78, 5) is 17.6. The van der Waals surface area contributed by atoms with Crippen LogP contribution in [0.4, 0.5) is 0 Å². The van der Waals surface area contributed by atoms with E-state index < -0.39 is 0 Å². The Balaban J connectivity index is 1.76. The highest BCUT2D eigenvalue weighted by Gasteiger charge is 2.08. The van der Waals surface area contributed by atoms with Gasteiger partial charge >= 0.3 is 0 Å². The molecule has 1 aromatic heterocycles. The highest BCUT2D eigenvalue weighted by atomic mass is 32.1. The van der Waals surface area contributed by atoms with Crippen LogP contribution in [0.1, 0.15) is 27.6 Å². The van der Waals surface area contributed by atoms with E-state index in [2.05, 4.69) is 17.2 Å². The molecule has 0 spiro atoms. The van der Waals surface area contributed by atoms with Crippen molar-refractivity contribution in [3.05, 3.63) is 39.3 Å². The molecular formula is C18H24N2O3S. The lowest BCUT2D eigenvalue weighted by Crippen LogP contribution is -2.25.